The Morgan fingerprint density at radius 2 is 1.17 bits per heavy atom. The van der Waals surface area contributed by atoms with Crippen LogP contribution in [0.15, 0.2) is 0 Å². The Bertz CT molecular complexity index is 306. The predicted octanol–water partition coefficient (Wildman–Crippen LogP) is 4.27. The first kappa shape index (κ1) is 26.3. The zero-order chi connectivity index (χ0) is 17.3. The van der Waals surface area contributed by atoms with Gasteiger partial charge in [0, 0.05) is 6.42 Å². The Morgan fingerprint density at radius 1 is 0.792 bits per heavy atom. The number of ether oxygens (including phenoxy) is 1. The molecule has 0 spiro atoms. The van der Waals surface area contributed by atoms with Crippen molar-refractivity contribution in [2.24, 2.45) is 0 Å². The first-order valence-corrected chi connectivity index (χ1v) is 9.50. The zero-order valence-corrected chi connectivity index (χ0v) is 15.1. The van der Waals surface area contributed by atoms with Crippen LogP contribution >= 0.6 is 0 Å². The van der Waals surface area contributed by atoms with Gasteiger partial charge in [0.25, 0.3) is 0 Å². The number of aliphatic hydroxyl groups is 1. The molecule has 24 heavy (non-hydrogen) atoms. The van der Waals surface area contributed by atoms with Crippen LogP contribution in [-0.4, -0.2) is 52.7 Å². The van der Waals surface area contributed by atoms with Crippen LogP contribution in [0.2, 0.25) is 0 Å². The molecule has 0 aliphatic rings. The molecule has 4 nitrogen and oxygen atoms in total. The van der Waals surface area contributed by atoms with Gasteiger partial charge in [-0.1, -0.05) is 84.0 Å². The van der Waals surface area contributed by atoms with Gasteiger partial charge < -0.3 is 9.84 Å². The summed E-state index contributed by atoms with van der Waals surface area (Å²) in [6.45, 7) is 3.54. The number of unbranched alkanes of at least 4 members (excludes halogenated alkanes) is 12. The summed E-state index contributed by atoms with van der Waals surface area (Å²) in [6, 6.07) is 0. The van der Waals surface area contributed by atoms with Crippen molar-refractivity contribution >= 4 is 41.5 Å². The molecular formula is C19H37NaO4. The molecule has 1 N–H and O–H groups in total. The second-order valence-corrected chi connectivity index (χ2v) is 6.46. The summed E-state index contributed by atoms with van der Waals surface area (Å²) in [5.74, 6) is -1.39. The summed E-state index contributed by atoms with van der Waals surface area (Å²) < 4.78 is 4.49. The average Bonchev–Trinajstić information content (AvgIpc) is 2.51. The number of rotatable bonds is 15. The Kier molecular flexibility index (Phi) is 21.3. The molecule has 0 aromatic carbocycles. The van der Waals surface area contributed by atoms with E-state index in [4.69, 9.17) is 5.11 Å². The third-order valence-electron chi connectivity index (χ3n) is 4.04. The number of carbonyl (C=O) groups excluding carboxylic acids is 2. The molecule has 0 aromatic heterocycles. The summed E-state index contributed by atoms with van der Waals surface area (Å²) in [5.41, 5.74) is 0. The molecule has 0 amide bonds. The fourth-order valence-corrected chi connectivity index (χ4v) is 2.54. The fraction of sp³-hybridized carbons (Fsp3) is 0.895. The standard InChI is InChI=1S/C19H36O4.Na.H/c1-3-4-5-6-7-8-9-10-11-12-13-14-15-16-18(21)23-19(22)17(2)20;;/h17,20H,3-16H2,1-2H3;;. The van der Waals surface area contributed by atoms with E-state index in [2.05, 4.69) is 11.7 Å². The van der Waals surface area contributed by atoms with E-state index in [-0.39, 0.29) is 36.0 Å². The zero-order valence-electron chi connectivity index (χ0n) is 15.1. The van der Waals surface area contributed by atoms with Crippen LogP contribution in [0.1, 0.15) is 104 Å². The molecule has 0 aliphatic carbocycles. The van der Waals surface area contributed by atoms with Crippen LogP contribution in [0.3, 0.4) is 0 Å². The van der Waals surface area contributed by atoms with Crippen molar-refractivity contribution < 1.29 is 19.4 Å². The van der Waals surface area contributed by atoms with E-state index in [1.54, 1.807) is 0 Å². The van der Waals surface area contributed by atoms with Crippen LogP contribution in [0.5, 0.6) is 0 Å². The van der Waals surface area contributed by atoms with Gasteiger partial charge in [0.15, 0.2) is 0 Å². The molecule has 0 fully saturated rings. The van der Waals surface area contributed by atoms with Crippen molar-refractivity contribution in [2.45, 2.75) is 110 Å². The topological polar surface area (TPSA) is 63.6 Å². The third kappa shape index (κ3) is 18.4. The Balaban J connectivity index is 0. The van der Waals surface area contributed by atoms with Crippen molar-refractivity contribution in [2.75, 3.05) is 0 Å². The maximum atomic E-state index is 11.3. The minimum atomic E-state index is -1.23. The Labute approximate surface area is 170 Å². The van der Waals surface area contributed by atoms with Gasteiger partial charge in [-0.05, 0) is 13.3 Å². The maximum absolute atomic E-state index is 11.3. The molecule has 0 bridgehead atoms. The number of hydrogen-bond acceptors (Lipinski definition) is 4. The van der Waals surface area contributed by atoms with E-state index < -0.39 is 18.0 Å². The number of carbonyl (C=O) groups is 2. The van der Waals surface area contributed by atoms with Gasteiger partial charge in [-0.25, -0.2) is 4.79 Å². The van der Waals surface area contributed by atoms with Gasteiger partial charge in [-0.3, -0.25) is 4.79 Å². The summed E-state index contributed by atoms with van der Waals surface area (Å²) in [4.78, 5) is 22.3. The van der Waals surface area contributed by atoms with Crippen molar-refractivity contribution in [1.82, 2.24) is 0 Å². The first-order chi connectivity index (χ1) is 11.1. The Hall–Kier alpha value is 0.1000. The second-order valence-electron chi connectivity index (χ2n) is 6.46. The molecule has 0 rings (SSSR count). The summed E-state index contributed by atoms with van der Waals surface area (Å²) in [7, 11) is 0. The summed E-state index contributed by atoms with van der Waals surface area (Å²) >= 11 is 0. The Morgan fingerprint density at radius 3 is 1.54 bits per heavy atom. The molecule has 0 saturated heterocycles. The number of esters is 2. The molecule has 0 heterocycles. The van der Waals surface area contributed by atoms with E-state index in [1.807, 2.05) is 0 Å². The van der Waals surface area contributed by atoms with Crippen LogP contribution in [0.4, 0.5) is 0 Å². The summed E-state index contributed by atoms with van der Waals surface area (Å²) in [6.07, 6.45) is 15.3. The molecule has 5 heteroatoms. The molecule has 1 unspecified atom stereocenters. The molecule has 0 aromatic rings. The quantitative estimate of drug-likeness (QED) is 0.207. The normalized spacial score (nSPS) is 11.6. The average molecular weight is 352 g/mol. The van der Waals surface area contributed by atoms with Gasteiger partial charge in [0.2, 0.25) is 0 Å². The summed E-state index contributed by atoms with van der Waals surface area (Å²) in [5, 5.41) is 8.93. The number of aliphatic hydroxyl groups excluding tert-OH is 1. The number of hydrogen-bond donors (Lipinski definition) is 1. The fourth-order valence-electron chi connectivity index (χ4n) is 2.54. The first-order valence-electron chi connectivity index (χ1n) is 9.50. The third-order valence-corrected chi connectivity index (χ3v) is 4.04. The molecule has 0 radical (unpaired) electrons. The van der Waals surface area contributed by atoms with E-state index in [9.17, 15) is 9.59 Å². The van der Waals surface area contributed by atoms with E-state index in [1.165, 1.54) is 71.1 Å². The van der Waals surface area contributed by atoms with Gasteiger partial charge in [-0.2, -0.15) is 0 Å². The second kappa shape index (κ2) is 19.4. The van der Waals surface area contributed by atoms with Gasteiger partial charge >= 0.3 is 41.5 Å². The van der Waals surface area contributed by atoms with Crippen molar-refractivity contribution in [3.05, 3.63) is 0 Å². The molecule has 1 atom stereocenters. The monoisotopic (exact) mass is 352 g/mol. The predicted molar refractivity (Wildman–Crippen MR) is 100 cm³/mol. The molecule has 0 saturated carbocycles. The van der Waals surface area contributed by atoms with Crippen LogP contribution in [0.25, 0.3) is 0 Å². The van der Waals surface area contributed by atoms with Crippen molar-refractivity contribution in [3.8, 4) is 0 Å². The van der Waals surface area contributed by atoms with Crippen LogP contribution in [0, 0.1) is 0 Å². The molecular weight excluding hydrogens is 315 g/mol. The van der Waals surface area contributed by atoms with E-state index in [0.29, 0.717) is 0 Å². The SMILES string of the molecule is CCCCCCCCCCCCCCCC(=O)OC(=O)C(C)O.[NaH]. The molecule has 138 valence electrons. The van der Waals surface area contributed by atoms with Gasteiger partial charge in [0.05, 0.1) is 0 Å². The van der Waals surface area contributed by atoms with E-state index >= 15 is 0 Å². The van der Waals surface area contributed by atoms with Gasteiger partial charge in [-0.15, -0.1) is 0 Å². The van der Waals surface area contributed by atoms with E-state index in [0.717, 1.165) is 19.3 Å². The van der Waals surface area contributed by atoms with Crippen molar-refractivity contribution in [3.63, 3.8) is 0 Å². The van der Waals surface area contributed by atoms with Crippen molar-refractivity contribution in [1.29, 1.82) is 0 Å². The molecule has 0 aliphatic heterocycles. The van der Waals surface area contributed by atoms with Crippen LogP contribution < -0.4 is 0 Å². The minimum absolute atomic E-state index is 0. The van der Waals surface area contributed by atoms with Crippen LogP contribution in [-0.2, 0) is 14.3 Å². The van der Waals surface area contributed by atoms with Gasteiger partial charge in [0.1, 0.15) is 6.10 Å².